The largest absolute Gasteiger partial charge is 0.485 e. The first-order valence-corrected chi connectivity index (χ1v) is 6.16. The first-order valence-electron chi connectivity index (χ1n) is 6.16. The molecule has 1 aromatic carbocycles. The molecule has 1 aromatic rings. The summed E-state index contributed by atoms with van der Waals surface area (Å²) in [6.45, 7) is 1.29. The topological polar surface area (TPSA) is 117 Å². The predicted molar refractivity (Wildman–Crippen MR) is 69.6 cm³/mol. The van der Waals surface area contributed by atoms with E-state index in [1.165, 1.54) is 6.92 Å². The van der Waals surface area contributed by atoms with E-state index in [4.69, 9.17) is 19.9 Å². The van der Waals surface area contributed by atoms with E-state index < -0.39 is 30.1 Å². The van der Waals surface area contributed by atoms with Crippen molar-refractivity contribution < 1.29 is 28.6 Å². The standard InChI is InChI=1S/C13H14N2O6/c1-7(11(16)15-13(14)18)20-12(17)10-6-19-8-4-2-3-5-9(8)21-10/h2-5,7,10H,6H2,1H3,(H3,14,15,16,18)/t7-,10+/m0/s1. The third-order valence-corrected chi connectivity index (χ3v) is 2.68. The SMILES string of the molecule is C[C@H](OC(=O)[C@H]1COc2ccccc2O1)C(=O)NC(N)=O. The van der Waals surface area contributed by atoms with Crippen LogP contribution >= 0.6 is 0 Å². The van der Waals surface area contributed by atoms with Gasteiger partial charge in [-0.15, -0.1) is 0 Å². The number of hydrogen-bond donors (Lipinski definition) is 2. The second-order valence-corrected chi connectivity index (χ2v) is 4.30. The van der Waals surface area contributed by atoms with Gasteiger partial charge in [0.25, 0.3) is 5.91 Å². The Morgan fingerprint density at radius 1 is 1.33 bits per heavy atom. The van der Waals surface area contributed by atoms with Crippen LogP contribution in [0.4, 0.5) is 4.79 Å². The summed E-state index contributed by atoms with van der Waals surface area (Å²) in [6, 6.07) is 5.85. The van der Waals surface area contributed by atoms with E-state index in [0.717, 1.165) is 0 Å². The van der Waals surface area contributed by atoms with Crippen LogP contribution in [0.15, 0.2) is 24.3 Å². The fraction of sp³-hybridized carbons (Fsp3) is 0.308. The Labute approximate surface area is 120 Å². The maximum atomic E-state index is 11.9. The number of esters is 1. The summed E-state index contributed by atoms with van der Waals surface area (Å²) in [6.07, 6.45) is -2.16. The molecule has 0 spiro atoms. The number of carbonyl (C=O) groups excluding carboxylic acids is 3. The van der Waals surface area contributed by atoms with Crippen molar-refractivity contribution in [2.75, 3.05) is 6.61 Å². The van der Waals surface area contributed by atoms with Crippen LogP contribution in [0.5, 0.6) is 11.5 Å². The molecule has 112 valence electrons. The zero-order chi connectivity index (χ0) is 15.4. The quantitative estimate of drug-likeness (QED) is 0.755. The molecule has 0 unspecified atom stereocenters. The van der Waals surface area contributed by atoms with Crippen LogP contribution < -0.4 is 20.5 Å². The highest BCUT2D eigenvalue weighted by molar-refractivity contribution is 5.96. The van der Waals surface area contributed by atoms with E-state index in [0.29, 0.717) is 11.5 Å². The zero-order valence-electron chi connectivity index (χ0n) is 11.2. The average molecular weight is 294 g/mol. The molecule has 8 nitrogen and oxygen atoms in total. The molecule has 21 heavy (non-hydrogen) atoms. The lowest BCUT2D eigenvalue weighted by molar-refractivity contribution is -0.163. The third-order valence-electron chi connectivity index (χ3n) is 2.68. The molecule has 0 saturated carbocycles. The number of imide groups is 1. The van der Waals surface area contributed by atoms with Gasteiger partial charge in [-0.3, -0.25) is 10.1 Å². The minimum absolute atomic E-state index is 0.0278. The van der Waals surface area contributed by atoms with Gasteiger partial charge < -0.3 is 19.9 Å². The minimum atomic E-state index is -1.18. The van der Waals surface area contributed by atoms with Crippen molar-refractivity contribution in [1.82, 2.24) is 5.32 Å². The van der Waals surface area contributed by atoms with Gasteiger partial charge in [-0.1, -0.05) is 12.1 Å². The van der Waals surface area contributed by atoms with Gasteiger partial charge in [-0.25, -0.2) is 9.59 Å². The lowest BCUT2D eigenvalue weighted by Gasteiger charge is -2.25. The number of urea groups is 1. The molecule has 0 bridgehead atoms. The van der Waals surface area contributed by atoms with Gasteiger partial charge >= 0.3 is 12.0 Å². The molecule has 1 aliphatic heterocycles. The molecule has 0 saturated heterocycles. The maximum absolute atomic E-state index is 11.9. The number of ether oxygens (including phenoxy) is 3. The fourth-order valence-electron chi connectivity index (χ4n) is 1.66. The van der Waals surface area contributed by atoms with Crippen LogP contribution in [0.1, 0.15) is 6.92 Å². The Hall–Kier alpha value is -2.77. The highest BCUT2D eigenvalue weighted by atomic mass is 16.6. The number of amides is 3. The number of primary amides is 1. The van der Waals surface area contributed by atoms with Gasteiger partial charge in [-0.2, -0.15) is 0 Å². The molecule has 2 rings (SSSR count). The number of hydrogen-bond acceptors (Lipinski definition) is 6. The molecule has 0 radical (unpaired) electrons. The minimum Gasteiger partial charge on any atom is -0.485 e. The van der Waals surface area contributed by atoms with Crippen LogP contribution in [-0.4, -0.2) is 36.7 Å². The Bertz CT molecular complexity index is 574. The second kappa shape index (κ2) is 6.12. The summed E-state index contributed by atoms with van der Waals surface area (Å²) in [5.41, 5.74) is 4.80. The van der Waals surface area contributed by atoms with Crippen LogP contribution in [0.25, 0.3) is 0 Å². The summed E-state index contributed by atoms with van der Waals surface area (Å²) in [4.78, 5) is 33.8. The Kier molecular flexibility index (Phi) is 4.27. The molecule has 0 aliphatic carbocycles. The number of nitrogens with two attached hydrogens (primary N) is 1. The number of rotatable bonds is 3. The fourth-order valence-corrected chi connectivity index (χ4v) is 1.66. The maximum Gasteiger partial charge on any atom is 0.351 e. The van der Waals surface area contributed by atoms with Crippen molar-refractivity contribution in [2.45, 2.75) is 19.1 Å². The van der Waals surface area contributed by atoms with Crippen molar-refractivity contribution in [1.29, 1.82) is 0 Å². The highest BCUT2D eigenvalue weighted by Gasteiger charge is 2.31. The van der Waals surface area contributed by atoms with Crippen LogP contribution in [-0.2, 0) is 14.3 Å². The van der Waals surface area contributed by atoms with E-state index in [1.807, 2.05) is 5.32 Å². The molecule has 1 aliphatic rings. The number of fused-ring (bicyclic) bond motifs is 1. The van der Waals surface area contributed by atoms with Gasteiger partial charge in [0.15, 0.2) is 17.6 Å². The van der Waals surface area contributed by atoms with E-state index in [2.05, 4.69) is 0 Å². The molecular weight excluding hydrogens is 280 g/mol. The van der Waals surface area contributed by atoms with Gasteiger partial charge in [0.2, 0.25) is 6.10 Å². The number of para-hydroxylation sites is 2. The summed E-state index contributed by atoms with van der Waals surface area (Å²) in [5.74, 6) is -0.634. The van der Waals surface area contributed by atoms with E-state index in [-0.39, 0.29) is 6.61 Å². The molecule has 0 aromatic heterocycles. The number of carbonyl (C=O) groups is 3. The van der Waals surface area contributed by atoms with Crippen LogP contribution in [0.2, 0.25) is 0 Å². The molecule has 0 fully saturated rings. The molecule has 3 amide bonds. The number of benzene rings is 1. The second-order valence-electron chi connectivity index (χ2n) is 4.30. The van der Waals surface area contributed by atoms with Gasteiger partial charge in [0.05, 0.1) is 0 Å². The summed E-state index contributed by atoms with van der Waals surface area (Å²) in [5, 5.41) is 1.82. The normalized spacial score (nSPS) is 17.5. The van der Waals surface area contributed by atoms with Crippen molar-refractivity contribution >= 4 is 17.9 Å². The van der Waals surface area contributed by atoms with E-state index >= 15 is 0 Å². The average Bonchev–Trinajstić information content (AvgIpc) is 2.45. The monoisotopic (exact) mass is 294 g/mol. The highest BCUT2D eigenvalue weighted by Crippen LogP contribution is 2.31. The van der Waals surface area contributed by atoms with Crippen molar-refractivity contribution in [2.24, 2.45) is 5.73 Å². The van der Waals surface area contributed by atoms with Crippen LogP contribution in [0.3, 0.4) is 0 Å². The molecule has 8 heteroatoms. The lowest BCUT2D eigenvalue weighted by Crippen LogP contribution is -2.45. The number of nitrogens with one attached hydrogen (secondary N) is 1. The van der Waals surface area contributed by atoms with E-state index in [9.17, 15) is 14.4 Å². The third kappa shape index (κ3) is 3.62. The zero-order valence-corrected chi connectivity index (χ0v) is 11.2. The first kappa shape index (κ1) is 14.6. The van der Waals surface area contributed by atoms with E-state index in [1.54, 1.807) is 24.3 Å². The molecule has 1 heterocycles. The molecule has 2 atom stereocenters. The van der Waals surface area contributed by atoms with Crippen LogP contribution in [0, 0.1) is 0 Å². The Morgan fingerprint density at radius 3 is 2.67 bits per heavy atom. The van der Waals surface area contributed by atoms with Gasteiger partial charge in [-0.05, 0) is 19.1 Å². The van der Waals surface area contributed by atoms with Crippen molar-refractivity contribution in [3.8, 4) is 11.5 Å². The first-order chi connectivity index (χ1) is 9.97. The molecular formula is C13H14N2O6. The predicted octanol–water partition coefficient (Wildman–Crippen LogP) is -0.0470. The smallest absolute Gasteiger partial charge is 0.351 e. The lowest BCUT2D eigenvalue weighted by atomic mass is 10.2. The summed E-state index contributed by atoms with van der Waals surface area (Å²) >= 11 is 0. The summed E-state index contributed by atoms with van der Waals surface area (Å²) < 4.78 is 15.7. The van der Waals surface area contributed by atoms with Gasteiger partial charge in [0, 0.05) is 0 Å². The summed E-state index contributed by atoms with van der Waals surface area (Å²) in [7, 11) is 0. The molecule has 3 N–H and O–H groups in total. The van der Waals surface area contributed by atoms with Crippen molar-refractivity contribution in [3.63, 3.8) is 0 Å². The Balaban J connectivity index is 1.93. The van der Waals surface area contributed by atoms with Crippen molar-refractivity contribution in [3.05, 3.63) is 24.3 Å². The van der Waals surface area contributed by atoms with Gasteiger partial charge in [0.1, 0.15) is 6.61 Å². The Morgan fingerprint density at radius 2 is 2.00 bits per heavy atom.